The molecule has 1 heteroatoms. The second-order valence-corrected chi connectivity index (χ2v) is 2.02. The fourth-order valence-electron chi connectivity index (χ4n) is 0.579. The van der Waals surface area contributed by atoms with Crippen LogP contribution in [-0.2, 0) is 0 Å². The third-order valence-electron chi connectivity index (χ3n) is 1.07. The average molecular weight is 114 g/mol. The summed E-state index contributed by atoms with van der Waals surface area (Å²) in [5, 5.41) is 8.58. The molecule has 0 aromatic carbocycles. The number of hydrogen-bond acceptors (Lipinski definition) is 1. The Bertz CT molecular complexity index is 66.8. The van der Waals surface area contributed by atoms with Crippen molar-refractivity contribution in [2.24, 2.45) is 0 Å². The predicted molar refractivity (Wildman–Crippen MR) is 35.9 cm³/mol. The number of unbranched alkanes of at least 4 members (excludes halogenated alkanes) is 2. The Kier molecular flexibility index (Phi) is 4.42. The van der Waals surface area contributed by atoms with Crippen molar-refractivity contribution in [3.05, 3.63) is 12.3 Å². The molecule has 0 unspecified atom stereocenters. The van der Waals surface area contributed by atoms with Crippen molar-refractivity contribution in [1.29, 1.82) is 0 Å². The van der Waals surface area contributed by atoms with Gasteiger partial charge in [-0.15, -0.1) is 0 Å². The molecule has 0 fully saturated rings. The van der Waals surface area contributed by atoms with Crippen LogP contribution in [0.25, 0.3) is 0 Å². The molecule has 0 aliphatic heterocycles. The van der Waals surface area contributed by atoms with Gasteiger partial charge in [0.15, 0.2) is 0 Å². The predicted octanol–water partition coefficient (Wildman–Crippen LogP) is 2.64. The molecule has 0 aliphatic rings. The molecule has 0 bridgehead atoms. The summed E-state index contributed by atoms with van der Waals surface area (Å²) in [6.45, 7) is 5.52. The van der Waals surface area contributed by atoms with Gasteiger partial charge in [-0.1, -0.05) is 26.3 Å². The minimum Gasteiger partial charge on any atom is -0.513 e. The van der Waals surface area contributed by atoms with Crippen molar-refractivity contribution in [2.45, 2.75) is 32.6 Å². The normalized spacial score (nSPS) is 9.12. The molecule has 0 heterocycles. The summed E-state index contributed by atoms with van der Waals surface area (Å²) in [4.78, 5) is 0. The first-order valence-corrected chi connectivity index (χ1v) is 3.14. The van der Waals surface area contributed by atoms with Crippen molar-refractivity contribution in [3.63, 3.8) is 0 Å². The molecular weight excluding hydrogens is 100 g/mol. The van der Waals surface area contributed by atoms with Crippen LogP contribution in [0.3, 0.4) is 0 Å². The summed E-state index contributed by atoms with van der Waals surface area (Å²) in [7, 11) is 0. The molecule has 8 heavy (non-hydrogen) atoms. The Balaban J connectivity index is 2.82. The van der Waals surface area contributed by atoms with E-state index in [1.165, 1.54) is 12.8 Å². The van der Waals surface area contributed by atoms with E-state index >= 15 is 0 Å². The monoisotopic (exact) mass is 114 g/mol. The highest BCUT2D eigenvalue weighted by Crippen LogP contribution is 2.02. The molecule has 0 amide bonds. The van der Waals surface area contributed by atoms with Crippen molar-refractivity contribution in [2.75, 3.05) is 0 Å². The minimum atomic E-state index is 0.318. The minimum absolute atomic E-state index is 0.318. The van der Waals surface area contributed by atoms with Gasteiger partial charge >= 0.3 is 0 Å². The van der Waals surface area contributed by atoms with Crippen LogP contribution in [0.5, 0.6) is 0 Å². The molecule has 0 aromatic rings. The highest BCUT2D eigenvalue weighted by atomic mass is 16.3. The van der Waals surface area contributed by atoms with E-state index in [4.69, 9.17) is 5.11 Å². The summed E-state index contributed by atoms with van der Waals surface area (Å²) < 4.78 is 0. The zero-order chi connectivity index (χ0) is 6.41. The first-order chi connectivity index (χ1) is 3.77. The standard InChI is InChI=1S/C7H14O/c1-3-4-5-6-7(2)8/h8H,2-6H2,1H3. The second kappa shape index (κ2) is 4.69. The Morgan fingerprint density at radius 2 is 2.12 bits per heavy atom. The van der Waals surface area contributed by atoms with Gasteiger partial charge in [0, 0.05) is 6.42 Å². The SMILES string of the molecule is C=C(O)CCCCC. The van der Waals surface area contributed by atoms with Crippen molar-refractivity contribution >= 4 is 0 Å². The molecule has 0 aromatic heterocycles. The number of aliphatic hydroxyl groups excluding tert-OH is 1. The van der Waals surface area contributed by atoms with Gasteiger partial charge in [-0.25, -0.2) is 0 Å². The fraction of sp³-hybridized carbons (Fsp3) is 0.714. The maximum Gasteiger partial charge on any atom is 0.0851 e. The van der Waals surface area contributed by atoms with Crippen LogP contribution in [0.4, 0.5) is 0 Å². The van der Waals surface area contributed by atoms with Crippen LogP contribution in [0.2, 0.25) is 0 Å². The van der Waals surface area contributed by atoms with Gasteiger partial charge in [0.1, 0.15) is 0 Å². The maximum absolute atomic E-state index is 8.58. The molecule has 0 radical (unpaired) electrons. The van der Waals surface area contributed by atoms with Gasteiger partial charge in [-0.05, 0) is 6.42 Å². The molecule has 0 rings (SSSR count). The summed E-state index contributed by atoms with van der Waals surface area (Å²) in [5.41, 5.74) is 0. The quantitative estimate of drug-likeness (QED) is 0.440. The first-order valence-electron chi connectivity index (χ1n) is 3.14. The lowest BCUT2D eigenvalue weighted by Crippen LogP contribution is -1.77. The summed E-state index contributed by atoms with van der Waals surface area (Å²) >= 11 is 0. The van der Waals surface area contributed by atoms with Gasteiger partial charge in [0.05, 0.1) is 5.76 Å². The third-order valence-corrected chi connectivity index (χ3v) is 1.07. The van der Waals surface area contributed by atoms with Crippen molar-refractivity contribution < 1.29 is 5.11 Å². The van der Waals surface area contributed by atoms with Crippen molar-refractivity contribution in [1.82, 2.24) is 0 Å². The number of aliphatic hydroxyl groups is 1. The number of rotatable bonds is 4. The number of allylic oxidation sites excluding steroid dienone is 1. The van der Waals surface area contributed by atoms with E-state index in [0.29, 0.717) is 5.76 Å². The molecule has 48 valence electrons. The lowest BCUT2D eigenvalue weighted by molar-refractivity contribution is 0.384. The highest BCUT2D eigenvalue weighted by Gasteiger charge is 1.86. The Labute approximate surface area is 51.0 Å². The molecular formula is C7H14O. The van der Waals surface area contributed by atoms with E-state index < -0.39 is 0 Å². The fourth-order valence-corrected chi connectivity index (χ4v) is 0.579. The smallest absolute Gasteiger partial charge is 0.0851 e. The summed E-state index contributed by atoms with van der Waals surface area (Å²) in [5.74, 6) is 0.318. The topological polar surface area (TPSA) is 20.2 Å². The van der Waals surface area contributed by atoms with E-state index in [1.54, 1.807) is 0 Å². The van der Waals surface area contributed by atoms with E-state index in [2.05, 4.69) is 13.5 Å². The van der Waals surface area contributed by atoms with E-state index in [1.807, 2.05) is 0 Å². The molecule has 0 saturated carbocycles. The van der Waals surface area contributed by atoms with Gasteiger partial charge in [-0.2, -0.15) is 0 Å². The molecule has 0 saturated heterocycles. The van der Waals surface area contributed by atoms with Crippen LogP contribution in [0.15, 0.2) is 12.3 Å². The van der Waals surface area contributed by atoms with Crippen molar-refractivity contribution in [3.8, 4) is 0 Å². The van der Waals surface area contributed by atoms with E-state index in [9.17, 15) is 0 Å². The molecule has 0 spiro atoms. The Hall–Kier alpha value is -0.460. The Morgan fingerprint density at radius 3 is 2.50 bits per heavy atom. The maximum atomic E-state index is 8.58. The number of hydrogen-bond donors (Lipinski definition) is 1. The first kappa shape index (κ1) is 7.54. The van der Waals surface area contributed by atoms with Gasteiger partial charge in [0.25, 0.3) is 0 Å². The summed E-state index contributed by atoms with van der Waals surface area (Å²) in [6, 6.07) is 0. The van der Waals surface area contributed by atoms with Gasteiger partial charge < -0.3 is 5.11 Å². The third kappa shape index (κ3) is 5.54. The largest absolute Gasteiger partial charge is 0.513 e. The van der Waals surface area contributed by atoms with Crippen LogP contribution in [0, 0.1) is 0 Å². The Morgan fingerprint density at radius 1 is 1.50 bits per heavy atom. The summed E-state index contributed by atoms with van der Waals surface area (Å²) in [6.07, 6.45) is 4.24. The van der Waals surface area contributed by atoms with Crippen LogP contribution >= 0.6 is 0 Å². The molecule has 0 atom stereocenters. The zero-order valence-corrected chi connectivity index (χ0v) is 5.48. The zero-order valence-electron chi connectivity index (χ0n) is 5.48. The second-order valence-electron chi connectivity index (χ2n) is 2.02. The van der Waals surface area contributed by atoms with Crippen LogP contribution < -0.4 is 0 Å². The average Bonchev–Trinajstić information content (AvgIpc) is 1.66. The van der Waals surface area contributed by atoms with Gasteiger partial charge in [-0.3, -0.25) is 0 Å². The molecule has 1 nitrogen and oxygen atoms in total. The molecule has 1 N–H and O–H groups in total. The highest BCUT2D eigenvalue weighted by molar-refractivity contribution is 4.77. The van der Waals surface area contributed by atoms with Crippen LogP contribution in [-0.4, -0.2) is 5.11 Å². The molecule has 0 aliphatic carbocycles. The lowest BCUT2D eigenvalue weighted by atomic mass is 10.2. The van der Waals surface area contributed by atoms with E-state index in [-0.39, 0.29) is 0 Å². The lowest BCUT2D eigenvalue weighted by Gasteiger charge is -1.93. The van der Waals surface area contributed by atoms with Crippen LogP contribution in [0.1, 0.15) is 32.6 Å². The van der Waals surface area contributed by atoms with Gasteiger partial charge in [0.2, 0.25) is 0 Å². The van der Waals surface area contributed by atoms with E-state index in [0.717, 1.165) is 12.8 Å².